The highest BCUT2D eigenvalue weighted by Gasteiger charge is 2.42. The Bertz CT molecular complexity index is 2480. The van der Waals surface area contributed by atoms with Gasteiger partial charge in [0.2, 0.25) is 0 Å². The third-order valence-corrected chi connectivity index (χ3v) is 9.78. The second-order valence-corrected chi connectivity index (χ2v) is 13.0. The first-order valence-electron chi connectivity index (χ1n) is 16.3. The van der Waals surface area contributed by atoms with Gasteiger partial charge in [0.25, 0.3) is 0 Å². The topological polar surface area (TPSA) is 25.8 Å². The van der Waals surface area contributed by atoms with E-state index in [4.69, 9.17) is 9.97 Å². The van der Waals surface area contributed by atoms with Gasteiger partial charge in [-0.3, -0.25) is 0 Å². The molecule has 1 aromatic heterocycles. The van der Waals surface area contributed by atoms with Crippen molar-refractivity contribution >= 4 is 21.5 Å². The second kappa shape index (κ2) is 10.6. The zero-order valence-electron chi connectivity index (χ0n) is 26.4. The molecule has 2 heteroatoms. The third kappa shape index (κ3) is 4.33. The van der Waals surface area contributed by atoms with Gasteiger partial charge in [0, 0.05) is 22.1 Å². The van der Waals surface area contributed by atoms with Gasteiger partial charge in [-0.1, -0.05) is 159 Å². The molecule has 8 aromatic rings. The highest BCUT2D eigenvalue weighted by atomic mass is 14.9. The normalized spacial score (nSPS) is 13.1. The summed E-state index contributed by atoms with van der Waals surface area (Å²) in [6.45, 7) is 4.66. The van der Waals surface area contributed by atoms with Crippen LogP contribution in [0.15, 0.2) is 158 Å². The first kappa shape index (κ1) is 27.5. The van der Waals surface area contributed by atoms with Crippen LogP contribution in [0.2, 0.25) is 0 Å². The molecule has 0 bridgehead atoms. The van der Waals surface area contributed by atoms with Gasteiger partial charge in [-0.25, -0.2) is 9.97 Å². The van der Waals surface area contributed by atoms with E-state index < -0.39 is 0 Å². The SMILES string of the molecule is CC1(C)c2nc(-c3ccccc3)nc(-c3cccc(-c4cccc(-c5ccccc5)c4)c3)c2-c2c1c1ccccc1c1ccccc21. The van der Waals surface area contributed by atoms with E-state index in [-0.39, 0.29) is 5.41 Å². The molecule has 1 aliphatic carbocycles. The predicted octanol–water partition coefficient (Wildman–Crippen LogP) is 11.8. The number of fused-ring (bicyclic) bond motifs is 8. The van der Waals surface area contributed by atoms with Crippen molar-refractivity contribution in [2.45, 2.75) is 19.3 Å². The lowest BCUT2D eigenvalue weighted by molar-refractivity contribution is 0.641. The summed E-state index contributed by atoms with van der Waals surface area (Å²) in [6.07, 6.45) is 0. The molecule has 47 heavy (non-hydrogen) atoms. The monoisotopic (exact) mass is 600 g/mol. The summed E-state index contributed by atoms with van der Waals surface area (Å²) in [7, 11) is 0. The molecule has 1 aliphatic rings. The fourth-order valence-electron chi connectivity index (χ4n) is 7.60. The van der Waals surface area contributed by atoms with E-state index in [2.05, 4.69) is 166 Å². The summed E-state index contributed by atoms with van der Waals surface area (Å²) in [6, 6.07) is 56.3. The van der Waals surface area contributed by atoms with Gasteiger partial charge < -0.3 is 0 Å². The minimum atomic E-state index is -0.336. The highest BCUT2D eigenvalue weighted by Crippen LogP contribution is 2.56. The Morgan fingerprint density at radius 2 is 0.851 bits per heavy atom. The summed E-state index contributed by atoms with van der Waals surface area (Å²) < 4.78 is 0. The van der Waals surface area contributed by atoms with Gasteiger partial charge in [-0.15, -0.1) is 0 Å². The van der Waals surface area contributed by atoms with Crippen molar-refractivity contribution in [1.82, 2.24) is 9.97 Å². The summed E-state index contributed by atoms with van der Waals surface area (Å²) in [5.41, 5.74) is 12.3. The van der Waals surface area contributed by atoms with Crippen LogP contribution in [0.1, 0.15) is 25.1 Å². The summed E-state index contributed by atoms with van der Waals surface area (Å²) in [5, 5.41) is 5.07. The molecular weight excluding hydrogens is 569 g/mol. The molecule has 9 rings (SSSR count). The van der Waals surface area contributed by atoms with Crippen molar-refractivity contribution in [2.24, 2.45) is 0 Å². The van der Waals surface area contributed by atoms with Crippen LogP contribution in [0, 0.1) is 0 Å². The average Bonchev–Trinajstić information content (AvgIpc) is 3.39. The molecule has 222 valence electrons. The number of rotatable bonds is 4. The zero-order chi connectivity index (χ0) is 31.5. The Balaban J connectivity index is 1.33. The van der Waals surface area contributed by atoms with Crippen molar-refractivity contribution in [2.75, 3.05) is 0 Å². The molecule has 2 nitrogen and oxygen atoms in total. The molecule has 0 saturated heterocycles. The lowest BCUT2D eigenvalue weighted by atomic mass is 9.81. The highest BCUT2D eigenvalue weighted by molar-refractivity contribution is 6.19. The van der Waals surface area contributed by atoms with Crippen molar-refractivity contribution in [3.05, 3.63) is 169 Å². The fourth-order valence-corrected chi connectivity index (χ4v) is 7.60. The fraction of sp³-hybridized carbons (Fsp3) is 0.0667. The molecule has 0 atom stereocenters. The van der Waals surface area contributed by atoms with Gasteiger partial charge in [0.05, 0.1) is 11.4 Å². The number of benzene rings is 7. The largest absolute Gasteiger partial charge is 0.231 e. The Hall–Kier alpha value is -5.86. The van der Waals surface area contributed by atoms with E-state index in [0.717, 1.165) is 39.5 Å². The Morgan fingerprint density at radius 3 is 1.51 bits per heavy atom. The maximum Gasteiger partial charge on any atom is 0.160 e. The first-order chi connectivity index (χ1) is 23.1. The number of hydrogen-bond acceptors (Lipinski definition) is 2. The van der Waals surface area contributed by atoms with Crippen LogP contribution in [-0.4, -0.2) is 9.97 Å². The first-order valence-corrected chi connectivity index (χ1v) is 16.3. The minimum Gasteiger partial charge on any atom is -0.231 e. The van der Waals surface area contributed by atoms with Crippen molar-refractivity contribution in [3.63, 3.8) is 0 Å². The maximum atomic E-state index is 5.42. The van der Waals surface area contributed by atoms with Gasteiger partial charge in [0.15, 0.2) is 5.82 Å². The van der Waals surface area contributed by atoms with Crippen LogP contribution in [0.5, 0.6) is 0 Å². The summed E-state index contributed by atoms with van der Waals surface area (Å²) >= 11 is 0. The Morgan fingerprint density at radius 1 is 0.383 bits per heavy atom. The van der Waals surface area contributed by atoms with Gasteiger partial charge in [-0.05, 0) is 67.1 Å². The lowest BCUT2D eigenvalue weighted by Crippen LogP contribution is -2.18. The third-order valence-electron chi connectivity index (χ3n) is 9.78. The Labute approximate surface area is 275 Å². The molecule has 0 aliphatic heterocycles. The predicted molar refractivity (Wildman–Crippen MR) is 196 cm³/mol. The zero-order valence-corrected chi connectivity index (χ0v) is 26.4. The summed E-state index contributed by atoms with van der Waals surface area (Å²) in [5.74, 6) is 0.755. The maximum absolute atomic E-state index is 5.42. The van der Waals surface area contributed by atoms with E-state index in [9.17, 15) is 0 Å². The van der Waals surface area contributed by atoms with Crippen molar-refractivity contribution in [1.29, 1.82) is 0 Å². The van der Waals surface area contributed by atoms with Crippen LogP contribution in [0.25, 0.3) is 77.6 Å². The molecule has 0 amide bonds. The molecule has 7 aromatic carbocycles. The van der Waals surface area contributed by atoms with Gasteiger partial charge in [-0.2, -0.15) is 0 Å². The quantitative estimate of drug-likeness (QED) is 0.188. The van der Waals surface area contributed by atoms with Crippen molar-refractivity contribution in [3.8, 4) is 56.0 Å². The Kier molecular flexibility index (Phi) is 6.20. The summed E-state index contributed by atoms with van der Waals surface area (Å²) in [4.78, 5) is 10.8. The van der Waals surface area contributed by atoms with Crippen LogP contribution < -0.4 is 0 Å². The standard InChI is InChI=1S/C45H32N2/c1-45(2)41-38-26-12-10-24-36(38)35-23-9-11-25-37(35)39(41)40-42(46-44(47-43(40)45)30-17-7-4-8-18-30)34-22-14-21-33(28-34)32-20-13-19-31(27-32)29-15-5-3-6-16-29/h3-28H,1-2H3. The average molecular weight is 601 g/mol. The van der Waals surface area contributed by atoms with E-state index >= 15 is 0 Å². The van der Waals surface area contributed by atoms with Crippen LogP contribution in [0.3, 0.4) is 0 Å². The second-order valence-electron chi connectivity index (χ2n) is 13.0. The lowest BCUT2D eigenvalue weighted by Gasteiger charge is -2.23. The molecular formula is C45H32N2. The molecule has 0 radical (unpaired) electrons. The van der Waals surface area contributed by atoms with E-state index in [0.29, 0.717) is 0 Å². The van der Waals surface area contributed by atoms with Gasteiger partial charge >= 0.3 is 0 Å². The molecule has 0 unspecified atom stereocenters. The molecule has 1 heterocycles. The van der Waals surface area contributed by atoms with Crippen LogP contribution in [0.4, 0.5) is 0 Å². The number of nitrogens with zero attached hydrogens (tertiary/aromatic N) is 2. The number of hydrogen-bond donors (Lipinski definition) is 0. The smallest absolute Gasteiger partial charge is 0.160 e. The van der Waals surface area contributed by atoms with Crippen LogP contribution >= 0.6 is 0 Å². The van der Waals surface area contributed by atoms with E-state index in [1.54, 1.807) is 0 Å². The van der Waals surface area contributed by atoms with Gasteiger partial charge in [0.1, 0.15) is 0 Å². The van der Waals surface area contributed by atoms with E-state index in [1.807, 2.05) is 6.07 Å². The van der Waals surface area contributed by atoms with Crippen molar-refractivity contribution < 1.29 is 0 Å². The molecule has 0 N–H and O–H groups in total. The minimum absolute atomic E-state index is 0.336. The molecule has 0 fully saturated rings. The molecule has 0 saturated carbocycles. The number of aromatic nitrogens is 2. The molecule has 0 spiro atoms. The van der Waals surface area contributed by atoms with Crippen LogP contribution in [-0.2, 0) is 5.41 Å². The van der Waals surface area contributed by atoms with E-state index in [1.165, 1.54) is 49.4 Å².